The SMILES string of the molecule is CSc1cccc2sc(NC(=O)c3ccccc3C)nc12. The van der Waals surface area contributed by atoms with Crippen molar-refractivity contribution in [2.75, 3.05) is 11.6 Å². The fourth-order valence-electron chi connectivity index (χ4n) is 2.13. The van der Waals surface area contributed by atoms with E-state index in [0.29, 0.717) is 10.7 Å². The van der Waals surface area contributed by atoms with Crippen LogP contribution < -0.4 is 5.32 Å². The van der Waals surface area contributed by atoms with Crippen molar-refractivity contribution in [2.24, 2.45) is 0 Å². The van der Waals surface area contributed by atoms with E-state index in [4.69, 9.17) is 0 Å². The van der Waals surface area contributed by atoms with Crippen LogP contribution in [0.1, 0.15) is 15.9 Å². The summed E-state index contributed by atoms with van der Waals surface area (Å²) in [5, 5.41) is 3.54. The summed E-state index contributed by atoms with van der Waals surface area (Å²) in [4.78, 5) is 18.0. The molecule has 0 bridgehead atoms. The van der Waals surface area contributed by atoms with Gasteiger partial charge in [0, 0.05) is 10.5 Å². The summed E-state index contributed by atoms with van der Waals surface area (Å²) in [5.74, 6) is -0.113. The van der Waals surface area contributed by atoms with E-state index < -0.39 is 0 Å². The lowest BCUT2D eigenvalue weighted by molar-refractivity contribution is 0.102. The molecular formula is C16H14N2OS2. The number of hydrogen-bond acceptors (Lipinski definition) is 4. The van der Waals surface area contributed by atoms with Gasteiger partial charge in [-0.2, -0.15) is 0 Å². The van der Waals surface area contributed by atoms with Crippen molar-refractivity contribution in [3.05, 3.63) is 53.6 Å². The highest BCUT2D eigenvalue weighted by atomic mass is 32.2. The van der Waals surface area contributed by atoms with Crippen LogP contribution in [-0.2, 0) is 0 Å². The van der Waals surface area contributed by atoms with E-state index in [0.717, 1.165) is 20.7 Å². The Labute approximate surface area is 131 Å². The number of amides is 1. The zero-order valence-corrected chi connectivity index (χ0v) is 13.3. The van der Waals surface area contributed by atoms with Gasteiger partial charge in [0.1, 0.15) is 0 Å². The Morgan fingerprint density at radius 2 is 2.00 bits per heavy atom. The first kappa shape index (κ1) is 14.1. The maximum atomic E-state index is 12.3. The standard InChI is InChI=1S/C16H14N2OS2/c1-10-6-3-4-7-11(10)15(19)18-16-17-14-12(20-2)8-5-9-13(14)21-16/h3-9H,1-2H3,(H,17,18,19). The normalized spacial score (nSPS) is 10.8. The van der Waals surface area contributed by atoms with Crippen LogP contribution in [0.15, 0.2) is 47.4 Å². The van der Waals surface area contributed by atoms with Crippen molar-refractivity contribution in [2.45, 2.75) is 11.8 Å². The van der Waals surface area contributed by atoms with E-state index in [1.807, 2.05) is 55.6 Å². The molecule has 0 fully saturated rings. The molecule has 0 aliphatic carbocycles. The zero-order valence-electron chi connectivity index (χ0n) is 11.7. The number of carbonyl (C=O) groups is 1. The summed E-state index contributed by atoms with van der Waals surface area (Å²) in [7, 11) is 0. The van der Waals surface area contributed by atoms with Crippen LogP contribution in [0.4, 0.5) is 5.13 Å². The summed E-state index contributed by atoms with van der Waals surface area (Å²) < 4.78 is 1.09. The van der Waals surface area contributed by atoms with Crippen LogP contribution in [0, 0.1) is 6.92 Å². The number of nitrogens with zero attached hydrogens (tertiary/aromatic N) is 1. The van der Waals surface area contributed by atoms with Crippen molar-refractivity contribution in [1.29, 1.82) is 0 Å². The summed E-state index contributed by atoms with van der Waals surface area (Å²) in [6.07, 6.45) is 2.03. The number of rotatable bonds is 3. The van der Waals surface area contributed by atoms with E-state index in [1.165, 1.54) is 11.3 Å². The molecule has 1 aromatic heterocycles. The van der Waals surface area contributed by atoms with Crippen molar-refractivity contribution >= 4 is 44.4 Å². The molecule has 21 heavy (non-hydrogen) atoms. The van der Waals surface area contributed by atoms with Crippen LogP contribution in [0.3, 0.4) is 0 Å². The van der Waals surface area contributed by atoms with Crippen LogP contribution >= 0.6 is 23.1 Å². The van der Waals surface area contributed by atoms with Crippen LogP contribution in [0.25, 0.3) is 10.2 Å². The number of fused-ring (bicyclic) bond motifs is 1. The molecule has 1 amide bonds. The fourth-order valence-corrected chi connectivity index (χ4v) is 3.65. The van der Waals surface area contributed by atoms with Gasteiger partial charge < -0.3 is 0 Å². The third-order valence-electron chi connectivity index (χ3n) is 3.21. The van der Waals surface area contributed by atoms with Gasteiger partial charge in [0.05, 0.1) is 10.2 Å². The highest BCUT2D eigenvalue weighted by Gasteiger charge is 2.12. The Morgan fingerprint density at radius 1 is 1.19 bits per heavy atom. The zero-order chi connectivity index (χ0) is 14.8. The molecule has 1 N–H and O–H groups in total. The lowest BCUT2D eigenvalue weighted by Gasteiger charge is -2.04. The van der Waals surface area contributed by atoms with Crippen molar-refractivity contribution < 1.29 is 4.79 Å². The van der Waals surface area contributed by atoms with Gasteiger partial charge in [-0.25, -0.2) is 4.98 Å². The highest BCUT2D eigenvalue weighted by molar-refractivity contribution is 7.98. The minimum absolute atomic E-state index is 0.113. The molecule has 5 heteroatoms. The van der Waals surface area contributed by atoms with Gasteiger partial charge in [-0.3, -0.25) is 10.1 Å². The molecule has 0 saturated carbocycles. The predicted octanol–water partition coefficient (Wildman–Crippen LogP) is 4.58. The lowest BCUT2D eigenvalue weighted by atomic mass is 10.1. The maximum Gasteiger partial charge on any atom is 0.257 e. The third-order valence-corrected chi connectivity index (χ3v) is 4.92. The number of hydrogen-bond donors (Lipinski definition) is 1. The lowest BCUT2D eigenvalue weighted by Crippen LogP contribution is -2.12. The minimum atomic E-state index is -0.113. The monoisotopic (exact) mass is 314 g/mol. The van der Waals surface area contributed by atoms with Crippen LogP contribution in [0.2, 0.25) is 0 Å². The molecule has 3 rings (SSSR count). The van der Waals surface area contributed by atoms with Crippen molar-refractivity contribution in [3.63, 3.8) is 0 Å². The van der Waals surface area contributed by atoms with E-state index in [2.05, 4.69) is 10.3 Å². The first-order valence-electron chi connectivity index (χ1n) is 6.49. The largest absolute Gasteiger partial charge is 0.298 e. The van der Waals surface area contributed by atoms with Crippen LogP contribution in [-0.4, -0.2) is 17.1 Å². The molecule has 1 heterocycles. The Morgan fingerprint density at radius 3 is 2.76 bits per heavy atom. The van der Waals surface area contributed by atoms with E-state index in [9.17, 15) is 4.79 Å². The number of aromatic nitrogens is 1. The molecule has 0 atom stereocenters. The first-order chi connectivity index (χ1) is 10.2. The van der Waals surface area contributed by atoms with Gasteiger partial charge in [-0.05, 0) is 36.9 Å². The Balaban J connectivity index is 1.92. The predicted molar refractivity (Wildman–Crippen MR) is 90.5 cm³/mol. The number of carbonyl (C=O) groups excluding carboxylic acids is 1. The average Bonchev–Trinajstić information content (AvgIpc) is 2.89. The second-order valence-electron chi connectivity index (χ2n) is 4.60. The number of thioether (sulfide) groups is 1. The first-order valence-corrected chi connectivity index (χ1v) is 8.53. The van der Waals surface area contributed by atoms with Gasteiger partial charge in [0.2, 0.25) is 0 Å². The smallest absolute Gasteiger partial charge is 0.257 e. The number of thiazole rings is 1. The van der Waals surface area contributed by atoms with E-state index >= 15 is 0 Å². The number of benzene rings is 2. The Kier molecular flexibility index (Phi) is 3.94. The molecule has 0 spiro atoms. The van der Waals surface area contributed by atoms with E-state index in [1.54, 1.807) is 11.8 Å². The van der Waals surface area contributed by atoms with Gasteiger partial charge in [0.25, 0.3) is 5.91 Å². The second kappa shape index (κ2) is 5.87. The molecule has 0 saturated heterocycles. The van der Waals surface area contributed by atoms with Gasteiger partial charge in [0.15, 0.2) is 5.13 Å². The fraction of sp³-hybridized carbons (Fsp3) is 0.125. The quantitative estimate of drug-likeness (QED) is 0.720. The van der Waals surface area contributed by atoms with Crippen molar-refractivity contribution in [1.82, 2.24) is 4.98 Å². The maximum absolute atomic E-state index is 12.3. The molecule has 2 aromatic carbocycles. The minimum Gasteiger partial charge on any atom is -0.298 e. The topological polar surface area (TPSA) is 42.0 Å². The molecular weight excluding hydrogens is 300 g/mol. The number of aryl methyl sites for hydroxylation is 1. The number of para-hydroxylation sites is 1. The number of anilines is 1. The summed E-state index contributed by atoms with van der Waals surface area (Å²) in [5.41, 5.74) is 2.60. The van der Waals surface area contributed by atoms with Gasteiger partial charge in [-0.15, -0.1) is 11.8 Å². The average molecular weight is 314 g/mol. The third kappa shape index (κ3) is 2.80. The molecule has 106 valence electrons. The highest BCUT2D eigenvalue weighted by Crippen LogP contribution is 2.32. The molecule has 3 aromatic rings. The number of nitrogens with one attached hydrogen (secondary N) is 1. The van der Waals surface area contributed by atoms with Gasteiger partial charge in [-0.1, -0.05) is 35.6 Å². The summed E-state index contributed by atoms with van der Waals surface area (Å²) >= 11 is 3.16. The Hall–Kier alpha value is -1.85. The molecule has 0 aliphatic heterocycles. The molecule has 0 unspecified atom stereocenters. The van der Waals surface area contributed by atoms with Gasteiger partial charge >= 0.3 is 0 Å². The summed E-state index contributed by atoms with van der Waals surface area (Å²) in [6, 6.07) is 13.6. The Bertz CT molecular complexity index is 811. The summed E-state index contributed by atoms with van der Waals surface area (Å²) in [6.45, 7) is 1.93. The molecule has 3 nitrogen and oxygen atoms in total. The second-order valence-corrected chi connectivity index (χ2v) is 6.47. The van der Waals surface area contributed by atoms with E-state index in [-0.39, 0.29) is 5.91 Å². The van der Waals surface area contributed by atoms with Crippen LogP contribution in [0.5, 0.6) is 0 Å². The van der Waals surface area contributed by atoms with Crippen molar-refractivity contribution in [3.8, 4) is 0 Å². The molecule has 0 aliphatic rings. The molecule has 0 radical (unpaired) electrons.